The number of nitrogens with one attached hydrogen (secondary N) is 3. The number of nitrogens with zero attached hydrogens (tertiary/aromatic N) is 4. The summed E-state index contributed by atoms with van der Waals surface area (Å²) < 4.78 is 14.7. The van der Waals surface area contributed by atoms with E-state index in [9.17, 15) is 4.39 Å². The largest absolute Gasteiger partial charge is 0.403 e. The highest BCUT2D eigenvalue weighted by atomic mass is 35.5. The van der Waals surface area contributed by atoms with Crippen molar-refractivity contribution in [1.82, 2.24) is 15.0 Å². The van der Waals surface area contributed by atoms with Crippen molar-refractivity contribution in [1.29, 1.82) is 0 Å². The molecule has 8 nitrogen and oxygen atoms in total. The molecular formula is C23H22ClFN8. The van der Waals surface area contributed by atoms with Gasteiger partial charge in [0, 0.05) is 54.4 Å². The summed E-state index contributed by atoms with van der Waals surface area (Å²) in [6.07, 6.45) is 7.58. The van der Waals surface area contributed by atoms with E-state index in [-0.39, 0.29) is 11.6 Å². The van der Waals surface area contributed by atoms with Crippen molar-refractivity contribution in [2.75, 3.05) is 23.0 Å². The van der Waals surface area contributed by atoms with Gasteiger partial charge in [0.1, 0.15) is 16.8 Å². The number of hydrogen-bond donors (Lipinski definition) is 4. The van der Waals surface area contributed by atoms with Crippen LogP contribution in [0.4, 0.5) is 27.5 Å². The molecular weight excluding hydrogens is 443 g/mol. The quantitative estimate of drug-likeness (QED) is 0.198. The van der Waals surface area contributed by atoms with Gasteiger partial charge in [0.2, 0.25) is 5.95 Å². The van der Waals surface area contributed by atoms with E-state index in [1.807, 2.05) is 0 Å². The maximum Gasteiger partial charge on any atom is 0.229 e. The summed E-state index contributed by atoms with van der Waals surface area (Å²) in [6.45, 7) is 7.47. The van der Waals surface area contributed by atoms with Crippen LogP contribution < -0.4 is 21.7 Å². The highest BCUT2D eigenvalue weighted by molar-refractivity contribution is 6.29. The number of aliphatic imine (C=N–C) groups is 1. The van der Waals surface area contributed by atoms with Crippen LogP contribution in [-0.2, 0) is 0 Å². The molecule has 0 aliphatic rings. The van der Waals surface area contributed by atoms with Crippen molar-refractivity contribution < 1.29 is 4.39 Å². The molecule has 2 heterocycles. The third-order valence-corrected chi connectivity index (χ3v) is 4.53. The molecule has 0 saturated heterocycles. The number of hydrogen-bond acceptors (Lipinski definition) is 8. The highest BCUT2D eigenvalue weighted by Crippen LogP contribution is 2.31. The normalized spacial score (nSPS) is 11.3. The van der Waals surface area contributed by atoms with Crippen LogP contribution in [0.5, 0.6) is 0 Å². The van der Waals surface area contributed by atoms with Crippen LogP contribution in [0.25, 0.3) is 11.1 Å². The lowest BCUT2D eigenvalue weighted by Crippen LogP contribution is -2.09. The monoisotopic (exact) mass is 464 g/mol. The first-order valence-corrected chi connectivity index (χ1v) is 10.1. The first-order chi connectivity index (χ1) is 15.9. The zero-order valence-corrected chi connectivity index (χ0v) is 18.6. The van der Waals surface area contributed by atoms with Crippen molar-refractivity contribution in [3.63, 3.8) is 0 Å². The SMILES string of the molecule is C=CC(=C)Nc1ccc(F)c(Nc2nc(N/C(C=NC)=C/N)ncc2-c2ccc(Cl)nc2)c1. The molecule has 0 aliphatic carbocycles. The Bertz CT molecular complexity index is 1220. The minimum absolute atomic E-state index is 0.189. The van der Waals surface area contributed by atoms with Gasteiger partial charge in [0.05, 0.1) is 11.4 Å². The Morgan fingerprint density at radius 1 is 1.18 bits per heavy atom. The maximum absolute atomic E-state index is 14.7. The molecule has 33 heavy (non-hydrogen) atoms. The summed E-state index contributed by atoms with van der Waals surface area (Å²) in [5, 5.41) is 9.38. The van der Waals surface area contributed by atoms with E-state index in [4.69, 9.17) is 17.3 Å². The number of aromatic nitrogens is 3. The van der Waals surface area contributed by atoms with Crippen molar-refractivity contribution in [3.05, 3.63) is 90.5 Å². The Morgan fingerprint density at radius 3 is 2.67 bits per heavy atom. The molecule has 3 aromatic rings. The zero-order chi connectivity index (χ0) is 23.8. The fraction of sp³-hybridized carbons (Fsp3) is 0.0435. The van der Waals surface area contributed by atoms with Crippen LogP contribution in [0, 0.1) is 5.82 Å². The predicted molar refractivity (Wildman–Crippen MR) is 133 cm³/mol. The van der Waals surface area contributed by atoms with Gasteiger partial charge in [0.15, 0.2) is 0 Å². The third kappa shape index (κ3) is 6.14. The first-order valence-electron chi connectivity index (χ1n) is 9.68. The number of anilines is 4. The smallest absolute Gasteiger partial charge is 0.229 e. The molecule has 10 heteroatoms. The second-order valence-corrected chi connectivity index (χ2v) is 7.02. The Hall–Kier alpha value is -4.24. The van der Waals surface area contributed by atoms with E-state index in [0.29, 0.717) is 39.2 Å². The molecule has 0 saturated carbocycles. The molecule has 5 N–H and O–H groups in total. The zero-order valence-electron chi connectivity index (χ0n) is 17.8. The fourth-order valence-electron chi connectivity index (χ4n) is 2.73. The van der Waals surface area contributed by atoms with Crippen molar-refractivity contribution in [2.45, 2.75) is 0 Å². The summed E-state index contributed by atoms with van der Waals surface area (Å²) in [4.78, 5) is 16.9. The van der Waals surface area contributed by atoms with Gasteiger partial charge in [-0.1, -0.05) is 24.8 Å². The minimum Gasteiger partial charge on any atom is -0.403 e. The second kappa shape index (κ2) is 10.9. The Labute approximate surface area is 195 Å². The van der Waals surface area contributed by atoms with Gasteiger partial charge in [0.25, 0.3) is 0 Å². The summed E-state index contributed by atoms with van der Waals surface area (Å²) in [5.41, 5.74) is 8.76. The Balaban J connectivity index is 2.04. The molecule has 0 aliphatic heterocycles. The van der Waals surface area contributed by atoms with Crippen LogP contribution in [0.3, 0.4) is 0 Å². The van der Waals surface area contributed by atoms with E-state index >= 15 is 0 Å². The molecule has 168 valence electrons. The second-order valence-electron chi connectivity index (χ2n) is 6.63. The van der Waals surface area contributed by atoms with E-state index < -0.39 is 5.82 Å². The van der Waals surface area contributed by atoms with Gasteiger partial charge >= 0.3 is 0 Å². The summed E-state index contributed by atoms with van der Waals surface area (Å²) in [5.74, 6) is 0.0910. The lowest BCUT2D eigenvalue weighted by molar-refractivity contribution is 0.632. The topological polar surface area (TPSA) is 113 Å². The molecule has 1 aromatic carbocycles. The molecule has 0 spiro atoms. The lowest BCUT2D eigenvalue weighted by Gasteiger charge is -2.15. The van der Waals surface area contributed by atoms with Crippen molar-refractivity contribution in [2.24, 2.45) is 10.7 Å². The Morgan fingerprint density at radius 2 is 2.00 bits per heavy atom. The Kier molecular flexibility index (Phi) is 7.72. The average Bonchev–Trinajstić information content (AvgIpc) is 2.81. The molecule has 0 radical (unpaired) electrons. The lowest BCUT2D eigenvalue weighted by atomic mass is 10.1. The number of halogens is 2. The van der Waals surface area contributed by atoms with Gasteiger partial charge < -0.3 is 21.7 Å². The van der Waals surface area contributed by atoms with E-state index in [0.717, 1.165) is 0 Å². The molecule has 3 rings (SSSR count). The molecule has 0 amide bonds. The van der Waals surface area contributed by atoms with Gasteiger partial charge in [-0.25, -0.2) is 14.4 Å². The number of rotatable bonds is 9. The third-order valence-electron chi connectivity index (χ3n) is 4.30. The average molecular weight is 465 g/mol. The van der Waals surface area contributed by atoms with Crippen molar-refractivity contribution in [3.8, 4) is 11.1 Å². The fourth-order valence-corrected chi connectivity index (χ4v) is 2.84. The van der Waals surface area contributed by atoms with E-state index in [1.54, 1.807) is 49.8 Å². The van der Waals surface area contributed by atoms with Gasteiger partial charge in [-0.15, -0.1) is 0 Å². The van der Waals surface area contributed by atoms with Crippen molar-refractivity contribution >= 4 is 41.0 Å². The molecule has 2 aromatic heterocycles. The standard InChI is InChI=1S/C23H22ClFN8/c1-4-14(2)30-16-6-7-19(25)20(9-16)32-22-18(15-5-8-21(24)28-11-15)13-29-23(33-22)31-17(10-26)12-27-3/h4-13,30H,1-2,26H2,3H3,(H2,29,31,32,33)/b17-10+,27-12?. The predicted octanol–water partition coefficient (Wildman–Crippen LogP) is 5.10. The number of benzene rings is 1. The maximum atomic E-state index is 14.7. The molecule has 0 fully saturated rings. The van der Waals surface area contributed by atoms with Gasteiger partial charge in [-0.3, -0.25) is 4.99 Å². The number of allylic oxidation sites excluding steroid dienone is 2. The van der Waals surface area contributed by atoms with Crippen LogP contribution in [0.2, 0.25) is 5.15 Å². The van der Waals surface area contributed by atoms with E-state index in [2.05, 4.69) is 49.1 Å². The van der Waals surface area contributed by atoms with Crippen LogP contribution in [0.1, 0.15) is 0 Å². The van der Waals surface area contributed by atoms with Crippen LogP contribution >= 0.6 is 11.6 Å². The van der Waals surface area contributed by atoms with Crippen LogP contribution in [0.15, 0.2) is 84.5 Å². The van der Waals surface area contributed by atoms with Crippen LogP contribution in [-0.4, -0.2) is 28.2 Å². The first kappa shape index (κ1) is 23.4. The minimum atomic E-state index is -0.473. The van der Waals surface area contributed by atoms with E-state index in [1.165, 1.54) is 18.5 Å². The van der Waals surface area contributed by atoms with Gasteiger partial charge in [-0.05, 0) is 36.4 Å². The summed E-state index contributed by atoms with van der Waals surface area (Å²) >= 11 is 5.92. The number of nitrogens with two attached hydrogens (primary N) is 1. The highest BCUT2D eigenvalue weighted by Gasteiger charge is 2.14. The molecule has 0 bridgehead atoms. The molecule has 0 unspecified atom stereocenters. The molecule has 0 atom stereocenters. The summed E-state index contributed by atoms with van der Waals surface area (Å²) in [6, 6.07) is 7.93. The van der Waals surface area contributed by atoms with Gasteiger partial charge in [-0.2, -0.15) is 4.98 Å². The summed E-state index contributed by atoms with van der Waals surface area (Å²) in [7, 11) is 1.61. The number of pyridine rings is 1.